The van der Waals surface area contributed by atoms with E-state index in [4.69, 9.17) is 32.7 Å². The number of hydrogen-bond acceptors (Lipinski definition) is 4. The third-order valence-electron chi connectivity index (χ3n) is 4.89. The first-order valence-corrected chi connectivity index (χ1v) is 9.88. The van der Waals surface area contributed by atoms with Crippen LogP contribution in [0.3, 0.4) is 0 Å². The van der Waals surface area contributed by atoms with Crippen LogP contribution in [0.25, 0.3) is 0 Å². The highest BCUT2D eigenvalue weighted by Gasteiger charge is 2.22. The van der Waals surface area contributed by atoms with Gasteiger partial charge in [-0.2, -0.15) is 0 Å². The van der Waals surface area contributed by atoms with Gasteiger partial charge in [-0.1, -0.05) is 35.3 Å². The number of rotatable bonds is 7. The molecule has 0 aliphatic carbocycles. The average Bonchev–Trinajstić information content (AvgIpc) is 2.67. The highest BCUT2D eigenvalue weighted by molar-refractivity contribution is 6.32. The number of likely N-dealkylation sites (N-methyl/N-ethyl adjacent to an activating group) is 1. The molecule has 1 atom stereocenters. The minimum Gasteiger partial charge on any atom is -0.495 e. The quantitative estimate of drug-likeness (QED) is 0.728. The van der Waals surface area contributed by atoms with E-state index in [0.29, 0.717) is 28.9 Å². The van der Waals surface area contributed by atoms with Crippen LogP contribution in [0.5, 0.6) is 11.5 Å². The fourth-order valence-corrected chi connectivity index (χ4v) is 3.90. The number of benzene rings is 2. The molecule has 1 aliphatic heterocycles. The molecule has 1 N–H and O–H groups in total. The van der Waals surface area contributed by atoms with Crippen molar-refractivity contribution in [1.82, 2.24) is 4.90 Å². The Morgan fingerprint density at radius 2 is 2.04 bits per heavy atom. The fourth-order valence-electron chi connectivity index (χ4n) is 3.38. The van der Waals surface area contributed by atoms with E-state index < -0.39 is 6.10 Å². The molecule has 0 saturated carbocycles. The second-order valence-corrected chi connectivity index (χ2v) is 7.71. The number of fused-ring (bicyclic) bond motifs is 1. The Bertz CT molecular complexity index is 797. The molecule has 6 heteroatoms. The minimum atomic E-state index is -0.626. The Morgan fingerprint density at radius 1 is 1.22 bits per heavy atom. The number of aliphatic hydroxyl groups excluding tert-OH is 1. The van der Waals surface area contributed by atoms with Crippen molar-refractivity contribution in [3.05, 3.63) is 57.1 Å². The van der Waals surface area contributed by atoms with Crippen LogP contribution in [0.15, 0.2) is 30.3 Å². The topological polar surface area (TPSA) is 41.9 Å². The SMILES string of the molecule is COc1ccc(CCN(C)CC(O)c2ccc(Cl)c3c2OCCC3)cc1Cl. The van der Waals surface area contributed by atoms with Gasteiger partial charge in [-0.25, -0.2) is 0 Å². The zero-order valence-electron chi connectivity index (χ0n) is 15.7. The Balaban J connectivity index is 1.61. The Kier molecular flexibility index (Phi) is 6.88. The highest BCUT2D eigenvalue weighted by atomic mass is 35.5. The van der Waals surface area contributed by atoms with Crippen LogP contribution in [-0.4, -0.2) is 43.9 Å². The van der Waals surface area contributed by atoms with Gasteiger partial charge in [0.25, 0.3) is 0 Å². The lowest BCUT2D eigenvalue weighted by atomic mass is 9.99. The lowest BCUT2D eigenvalue weighted by Gasteiger charge is -2.26. The van der Waals surface area contributed by atoms with Gasteiger partial charge < -0.3 is 19.5 Å². The smallest absolute Gasteiger partial charge is 0.137 e. The predicted octanol–water partition coefficient (Wildman–Crippen LogP) is 4.53. The van der Waals surface area contributed by atoms with Crippen LogP contribution in [0.2, 0.25) is 10.0 Å². The predicted molar refractivity (Wildman–Crippen MR) is 109 cm³/mol. The molecule has 2 aromatic rings. The molecule has 0 amide bonds. The fraction of sp³-hybridized carbons (Fsp3) is 0.429. The van der Waals surface area contributed by atoms with Crippen molar-refractivity contribution in [2.75, 3.05) is 33.9 Å². The minimum absolute atomic E-state index is 0.515. The molecule has 0 fully saturated rings. The Morgan fingerprint density at radius 3 is 2.78 bits per heavy atom. The number of nitrogens with zero attached hydrogens (tertiary/aromatic N) is 1. The highest BCUT2D eigenvalue weighted by Crippen LogP contribution is 2.37. The largest absolute Gasteiger partial charge is 0.495 e. The summed E-state index contributed by atoms with van der Waals surface area (Å²) in [6, 6.07) is 9.54. The van der Waals surface area contributed by atoms with E-state index in [2.05, 4.69) is 4.90 Å². The van der Waals surface area contributed by atoms with Gasteiger partial charge in [0.15, 0.2) is 0 Å². The summed E-state index contributed by atoms with van der Waals surface area (Å²) in [7, 11) is 3.60. The third kappa shape index (κ3) is 4.88. The van der Waals surface area contributed by atoms with Crippen LogP contribution >= 0.6 is 23.2 Å². The molecule has 0 spiro atoms. The van der Waals surface area contributed by atoms with Gasteiger partial charge in [-0.05, 0) is 50.1 Å². The number of hydrogen-bond donors (Lipinski definition) is 1. The van der Waals surface area contributed by atoms with Crippen molar-refractivity contribution in [1.29, 1.82) is 0 Å². The van der Waals surface area contributed by atoms with Crippen molar-refractivity contribution < 1.29 is 14.6 Å². The maximum Gasteiger partial charge on any atom is 0.137 e. The third-order valence-corrected chi connectivity index (χ3v) is 5.54. The molecule has 2 aromatic carbocycles. The van der Waals surface area contributed by atoms with Crippen molar-refractivity contribution in [3.63, 3.8) is 0 Å². The van der Waals surface area contributed by atoms with E-state index in [-0.39, 0.29) is 0 Å². The maximum atomic E-state index is 10.7. The second kappa shape index (κ2) is 9.16. The summed E-state index contributed by atoms with van der Waals surface area (Å²) in [4.78, 5) is 2.10. The van der Waals surface area contributed by atoms with Crippen molar-refractivity contribution in [2.45, 2.75) is 25.4 Å². The normalized spacial score (nSPS) is 14.6. The molecule has 0 saturated heterocycles. The van der Waals surface area contributed by atoms with Crippen molar-refractivity contribution in [2.24, 2.45) is 0 Å². The van der Waals surface area contributed by atoms with E-state index in [1.807, 2.05) is 37.4 Å². The van der Waals surface area contributed by atoms with Crippen LogP contribution in [0, 0.1) is 0 Å². The zero-order chi connectivity index (χ0) is 19.4. The van der Waals surface area contributed by atoms with Gasteiger partial charge >= 0.3 is 0 Å². The molecular weight excluding hydrogens is 385 g/mol. The number of methoxy groups -OCH3 is 1. The lowest BCUT2D eigenvalue weighted by Crippen LogP contribution is -2.27. The monoisotopic (exact) mass is 409 g/mol. The average molecular weight is 410 g/mol. The summed E-state index contributed by atoms with van der Waals surface area (Å²) in [6.07, 6.45) is 2.06. The second-order valence-electron chi connectivity index (χ2n) is 6.89. The van der Waals surface area contributed by atoms with E-state index in [9.17, 15) is 5.11 Å². The summed E-state index contributed by atoms with van der Waals surface area (Å²) < 4.78 is 11.0. The number of halogens is 2. The summed E-state index contributed by atoms with van der Waals surface area (Å²) >= 11 is 12.5. The molecule has 1 unspecified atom stereocenters. The van der Waals surface area contributed by atoms with Crippen molar-refractivity contribution in [3.8, 4) is 11.5 Å². The van der Waals surface area contributed by atoms with Crippen LogP contribution in [0.1, 0.15) is 29.2 Å². The van der Waals surface area contributed by atoms with E-state index in [1.54, 1.807) is 7.11 Å². The molecule has 27 heavy (non-hydrogen) atoms. The summed E-state index contributed by atoms with van der Waals surface area (Å²) in [5.74, 6) is 1.44. The van der Waals surface area contributed by atoms with Gasteiger partial charge in [-0.15, -0.1) is 0 Å². The van der Waals surface area contributed by atoms with E-state index in [1.165, 1.54) is 0 Å². The first kappa shape index (κ1) is 20.3. The summed E-state index contributed by atoms with van der Waals surface area (Å²) in [6.45, 7) is 1.98. The van der Waals surface area contributed by atoms with Crippen LogP contribution in [-0.2, 0) is 12.8 Å². The molecule has 1 heterocycles. The number of aliphatic hydroxyl groups is 1. The van der Waals surface area contributed by atoms with Crippen molar-refractivity contribution >= 4 is 23.2 Å². The molecular formula is C21H25Cl2NO3. The Hall–Kier alpha value is -1.46. The van der Waals surface area contributed by atoms with Gasteiger partial charge in [-0.3, -0.25) is 0 Å². The maximum absolute atomic E-state index is 10.7. The molecule has 146 valence electrons. The van der Waals surface area contributed by atoms with Crippen LogP contribution < -0.4 is 9.47 Å². The molecule has 0 bridgehead atoms. The van der Waals surface area contributed by atoms with Gasteiger partial charge in [0, 0.05) is 29.2 Å². The first-order chi connectivity index (χ1) is 13.0. The van der Waals surface area contributed by atoms with Gasteiger partial charge in [0.2, 0.25) is 0 Å². The first-order valence-electron chi connectivity index (χ1n) is 9.12. The molecule has 1 aliphatic rings. The number of ether oxygens (including phenoxy) is 2. The van der Waals surface area contributed by atoms with Gasteiger partial charge in [0.1, 0.15) is 11.5 Å². The molecule has 0 aromatic heterocycles. The van der Waals surface area contributed by atoms with E-state index in [0.717, 1.165) is 48.2 Å². The summed E-state index contributed by atoms with van der Waals surface area (Å²) in [5, 5.41) is 12.1. The zero-order valence-corrected chi connectivity index (χ0v) is 17.2. The van der Waals surface area contributed by atoms with E-state index >= 15 is 0 Å². The molecule has 4 nitrogen and oxygen atoms in total. The molecule has 3 rings (SSSR count). The Labute approximate surface area is 170 Å². The van der Waals surface area contributed by atoms with Gasteiger partial charge in [0.05, 0.1) is 24.8 Å². The molecule has 0 radical (unpaired) electrons. The van der Waals surface area contributed by atoms with Crippen LogP contribution in [0.4, 0.5) is 0 Å². The summed E-state index contributed by atoms with van der Waals surface area (Å²) in [5.41, 5.74) is 2.96. The lowest BCUT2D eigenvalue weighted by molar-refractivity contribution is 0.122. The standard InChI is InChI=1S/C21H25Cl2NO3/c1-24(10-9-14-5-8-20(26-2)18(23)12-14)13-19(25)16-6-7-17(22)15-4-3-11-27-21(15)16/h5-8,12,19,25H,3-4,9-11,13H2,1-2H3.